The van der Waals surface area contributed by atoms with Crippen LogP contribution in [0.2, 0.25) is 0 Å². The summed E-state index contributed by atoms with van der Waals surface area (Å²) >= 11 is 0. The highest BCUT2D eigenvalue weighted by Crippen LogP contribution is 2.41. The maximum atomic E-state index is 13.1. The van der Waals surface area contributed by atoms with E-state index in [1.807, 2.05) is 24.4 Å². The summed E-state index contributed by atoms with van der Waals surface area (Å²) in [7, 11) is 1.52. The summed E-state index contributed by atoms with van der Waals surface area (Å²) in [5.41, 5.74) is 3.46. The van der Waals surface area contributed by atoms with Crippen molar-refractivity contribution in [2.24, 2.45) is 0 Å². The summed E-state index contributed by atoms with van der Waals surface area (Å²) in [5.74, 6) is 0.924. The molecule has 0 saturated carbocycles. The van der Waals surface area contributed by atoms with Crippen LogP contribution in [0.3, 0.4) is 0 Å². The van der Waals surface area contributed by atoms with Gasteiger partial charge in [-0.25, -0.2) is 9.78 Å². The maximum Gasteiger partial charge on any atom is 0.345 e. The summed E-state index contributed by atoms with van der Waals surface area (Å²) in [5, 5.41) is 1.61. The molecule has 0 spiro atoms. The molecule has 6 rings (SSSR count). The van der Waals surface area contributed by atoms with Crippen LogP contribution in [0.5, 0.6) is 23.0 Å². The molecule has 0 atom stereocenters. The second kappa shape index (κ2) is 8.46. The number of halogens is 2. The lowest BCUT2D eigenvalue weighted by Crippen LogP contribution is -3.00. The quantitative estimate of drug-likeness (QED) is 0.187. The second-order valence-electron chi connectivity index (χ2n) is 7.82. The van der Waals surface area contributed by atoms with Crippen molar-refractivity contribution in [3.63, 3.8) is 0 Å². The van der Waals surface area contributed by atoms with E-state index in [4.69, 9.17) is 18.9 Å². The molecular weight excluding hydrogens is 463 g/mol. The van der Waals surface area contributed by atoms with Gasteiger partial charge in [-0.05, 0) is 47.3 Å². The summed E-state index contributed by atoms with van der Waals surface area (Å²) in [4.78, 5) is 16.3. The summed E-state index contributed by atoms with van der Waals surface area (Å²) in [6.45, 7) is 0.985. The number of pyridine rings is 2. The Morgan fingerprint density at radius 2 is 1.94 bits per heavy atom. The van der Waals surface area contributed by atoms with Crippen LogP contribution < -0.4 is 35.9 Å². The second-order valence-corrected chi connectivity index (χ2v) is 7.82. The van der Waals surface area contributed by atoms with Crippen molar-refractivity contribution >= 4 is 16.7 Å². The predicted molar refractivity (Wildman–Crippen MR) is 115 cm³/mol. The van der Waals surface area contributed by atoms with Gasteiger partial charge in [0.2, 0.25) is 18.4 Å². The number of aryl methyl sites for hydroxylation is 2. The lowest BCUT2D eigenvalue weighted by atomic mass is 9.95. The average Bonchev–Trinajstić information content (AvgIpc) is 3.29. The molecule has 2 aliphatic rings. The first-order valence-electron chi connectivity index (χ1n) is 10.4. The molecule has 0 bridgehead atoms. The van der Waals surface area contributed by atoms with Gasteiger partial charge < -0.3 is 31.4 Å². The zero-order valence-corrected chi connectivity index (χ0v) is 18.8. The van der Waals surface area contributed by atoms with Crippen LogP contribution in [0.15, 0.2) is 54.9 Å². The summed E-state index contributed by atoms with van der Waals surface area (Å²) < 4.78 is 37.6. The van der Waals surface area contributed by atoms with Gasteiger partial charge in [0.15, 0.2) is 35.7 Å². The molecule has 34 heavy (non-hydrogen) atoms. The van der Waals surface area contributed by atoms with Gasteiger partial charge in [-0.3, -0.25) is 0 Å². The standard InChI is InChI=1S/C25H18FN2O5.ClH/c1-30-20-4-2-14-8-19-17-10-22-21(31-13-32-22)9-15(17)6-7-28(19)12-18(14)24(20)33-25(29)16-3-5-23(26)27-11-16;/h2-5,8-12H,6-7,13H2,1H3;1H/q+1;/p-1. The van der Waals surface area contributed by atoms with E-state index in [2.05, 4.69) is 15.6 Å². The summed E-state index contributed by atoms with van der Waals surface area (Å²) in [6.07, 6.45) is 3.94. The minimum atomic E-state index is -0.666. The van der Waals surface area contributed by atoms with Crippen LogP contribution in [0.4, 0.5) is 4.39 Å². The zero-order valence-electron chi connectivity index (χ0n) is 18.0. The van der Waals surface area contributed by atoms with Crippen molar-refractivity contribution < 1.29 is 45.1 Å². The van der Waals surface area contributed by atoms with Gasteiger partial charge in [0.1, 0.15) is 0 Å². The average molecular weight is 481 g/mol. The first-order valence-corrected chi connectivity index (χ1v) is 10.4. The van der Waals surface area contributed by atoms with Crippen LogP contribution in [-0.2, 0) is 13.0 Å². The Kier molecular flexibility index (Phi) is 5.45. The fraction of sp³-hybridized carbons (Fsp3) is 0.160. The third-order valence-corrected chi connectivity index (χ3v) is 5.95. The van der Waals surface area contributed by atoms with Gasteiger partial charge in [0.05, 0.1) is 23.6 Å². The van der Waals surface area contributed by atoms with Gasteiger partial charge in [-0.2, -0.15) is 8.96 Å². The molecule has 0 amide bonds. The highest BCUT2D eigenvalue weighted by Gasteiger charge is 2.29. The number of carbonyl (C=O) groups is 1. The first kappa shape index (κ1) is 21.9. The molecule has 4 heterocycles. The van der Waals surface area contributed by atoms with E-state index in [-0.39, 0.29) is 24.8 Å². The van der Waals surface area contributed by atoms with Gasteiger partial charge >= 0.3 is 5.97 Å². The third kappa shape index (κ3) is 3.56. The van der Waals surface area contributed by atoms with Crippen LogP contribution >= 0.6 is 0 Å². The molecule has 2 aromatic carbocycles. The maximum absolute atomic E-state index is 13.1. The molecular formula is C25H18ClFN2O5. The van der Waals surface area contributed by atoms with E-state index in [0.717, 1.165) is 58.8 Å². The van der Waals surface area contributed by atoms with E-state index >= 15 is 0 Å². The first-order chi connectivity index (χ1) is 16.1. The van der Waals surface area contributed by atoms with E-state index in [1.165, 1.54) is 18.7 Å². The normalized spacial score (nSPS) is 13.0. The van der Waals surface area contributed by atoms with Gasteiger partial charge in [-0.1, -0.05) is 0 Å². The number of benzene rings is 2. The van der Waals surface area contributed by atoms with Crippen molar-refractivity contribution in [2.75, 3.05) is 13.9 Å². The number of aromatic nitrogens is 2. The molecule has 4 aromatic rings. The minimum Gasteiger partial charge on any atom is -1.00 e. The van der Waals surface area contributed by atoms with E-state index in [9.17, 15) is 9.18 Å². The topological polar surface area (TPSA) is 70.8 Å². The smallest absolute Gasteiger partial charge is 0.345 e. The molecule has 9 heteroatoms. The van der Waals surface area contributed by atoms with Crippen LogP contribution in [0, 0.1) is 5.95 Å². The lowest BCUT2D eigenvalue weighted by molar-refractivity contribution is -0.686. The van der Waals surface area contributed by atoms with Crippen molar-refractivity contribution in [1.82, 2.24) is 4.98 Å². The number of ether oxygens (including phenoxy) is 4. The molecule has 0 radical (unpaired) electrons. The molecule has 7 nitrogen and oxygen atoms in total. The number of methoxy groups -OCH3 is 1. The van der Waals surface area contributed by atoms with E-state index in [1.54, 1.807) is 6.07 Å². The summed E-state index contributed by atoms with van der Waals surface area (Å²) in [6, 6.07) is 12.3. The molecule has 2 aromatic heterocycles. The molecule has 0 unspecified atom stereocenters. The highest BCUT2D eigenvalue weighted by atomic mass is 35.5. The number of fused-ring (bicyclic) bond motifs is 5. The fourth-order valence-electron chi connectivity index (χ4n) is 4.31. The van der Waals surface area contributed by atoms with Crippen LogP contribution in [-0.4, -0.2) is 24.9 Å². The SMILES string of the molecule is COc1ccc2cc3[n+](cc2c1OC(=O)c1ccc(F)nc1)CCc1cc2c(cc1-3)OCO2.[Cl-]. The molecule has 0 saturated heterocycles. The minimum absolute atomic E-state index is 0. The monoisotopic (exact) mass is 480 g/mol. The van der Waals surface area contributed by atoms with Crippen molar-refractivity contribution in [3.8, 4) is 34.3 Å². The Morgan fingerprint density at radius 1 is 1.12 bits per heavy atom. The molecule has 0 fully saturated rings. The Labute approximate surface area is 200 Å². The lowest BCUT2D eigenvalue weighted by Gasteiger charge is -2.17. The van der Waals surface area contributed by atoms with Gasteiger partial charge in [0.25, 0.3) is 0 Å². The number of nitrogens with zero attached hydrogens (tertiary/aromatic N) is 2. The number of hydrogen-bond acceptors (Lipinski definition) is 6. The van der Waals surface area contributed by atoms with Crippen molar-refractivity contribution in [3.05, 3.63) is 71.9 Å². The van der Waals surface area contributed by atoms with Crippen LogP contribution in [0.1, 0.15) is 15.9 Å². The number of esters is 1. The van der Waals surface area contributed by atoms with Gasteiger partial charge in [0, 0.05) is 18.7 Å². The Hall–Kier alpha value is -3.91. The largest absolute Gasteiger partial charge is 1.00 e. The number of carbonyl (C=O) groups excluding carboxylic acids is 1. The Balaban J connectivity index is 0.00000241. The number of hydrogen-bond donors (Lipinski definition) is 0. The van der Waals surface area contributed by atoms with E-state index < -0.39 is 11.9 Å². The zero-order chi connectivity index (χ0) is 22.5. The molecule has 172 valence electrons. The van der Waals surface area contributed by atoms with E-state index in [0.29, 0.717) is 11.5 Å². The molecule has 0 N–H and O–H groups in total. The number of rotatable bonds is 3. The van der Waals surface area contributed by atoms with Crippen molar-refractivity contribution in [2.45, 2.75) is 13.0 Å². The van der Waals surface area contributed by atoms with Gasteiger partial charge in [-0.15, -0.1) is 0 Å². The van der Waals surface area contributed by atoms with Crippen molar-refractivity contribution in [1.29, 1.82) is 0 Å². The fourth-order valence-corrected chi connectivity index (χ4v) is 4.31. The Morgan fingerprint density at radius 3 is 2.71 bits per heavy atom. The molecule has 2 aliphatic heterocycles. The molecule has 0 aliphatic carbocycles. The predicted octanol–water partition coefficient (Wildman–Crippen LogP) is 0.845. The highest BCUT2D eigenvalue weighted by molar-refractivity contribution is 5.97. The third-order valence-electron chi connectivity index (χ3n) is 5.95. The van der Waals surface area contributed by atoms with Crippen LogP contribution in [0.25, 0.3) is 22.0 Å². The Bertz CT molecular complexity index is 1440.